The van der Waals surface area contributed by atoms with E-state index in [1.807, 2.05) is 0 Å². The van der Waals surface area contributed by atoms with Gasteiger partial charge in [0.15, 0.2) is 17.8 Å². The van der Waals surface area contributed by atoms with Crippen molar-refractivity contribution in [2.45, 2.75) is 0 Å². The molecule has 0 atom stereocenters. The first kappa shape index (κ1) is 12.8. The van der Waals surface area contributed by atoms with Crippen LogP contribution in [0.4, 0.5) is 0 Å². The largest absolute Gasteiger partial charge is 0.493 e. The van der Waals surface area contributed by atoms with Crippen molar-refractivity contribution in [3.8, 4) is 11.5 Å². The molecule has 2 aromatic rings. The molecule has 0 aliphatic rings. The number of rotatable bonds is 4. The standard InChI is InChI=1S/C15H12O4/c1-18-13-9-5-8-12(10-16)14(13)19-15(17)11-6-3-2-4-7-11/h2-10H,1H3. The summed E-state index contributed by atoms with van der Waals surface area (Å²) in [5, 5.41) is 0. The molecule has 19 heavy (non-hydrogen) atoms. The molecule has 0 N–H and O–H groups in total. The van der Waals surface area contributed by atoms with Crippen molar-refractivity contribution in [2.24, 2.45) is 0 Å². The lowest BCUT2D eigenvalue weighted by Crippen LogP contribution is -2.10. The summed E-state index contributed by atoms with van der Waals surface area (Å²) in [6, 6.07) is 13.4. The minimum Gasteiger partial charge on any atom is -0.493 e. The molecule has 0 fully saturated rings. The van der Waals surface area contributed by atoms with E-state index in [-0.39, 0.29) is 11.3 Å². The van der Waals surface area contributed by atoms with Gasteiger partial charge in [0.1, 0.15) is 0 Å². The Morgan fingerprint density at radius 1 is 1.05 bits per heavy atom. The van der Waals surface area contributed by atoms with E-state index in [0.717, 1.165) is 0 Å². The molecule has 0 bridgehead atoms. The van der Waals surface area contributed by atoms with Crippen LogP contribution in [0.1, 0.15) is 20.7 Å². The quantitative estimate of drug-likeness (QED) is 0.479. The molecular weight excluding hydrogens is 244 g/mol. The van der Waals surface area contributed by atoms with Gasteiger partial charge in [-0.3, -0.25) is 4.79 Å². The van der Waals surface area contributed by atoms with Crippen molar-refractivity contribution in [3.05, 3.63) is 59.7 Å². The smallest absolute Gasteiger partial charge is 0.343 e. The molecule has 0 aromatic heterocycles. The van der Waals surface area contributed by atoms with Crippen LogP contribution < -0.4 is 9.47 Å². The van der Waals surface area contributed by atoms with Gasteiger partial charge in [0.25, 0.3) is 0 Å². The van der Waals surface area contributed by atoms with Crippen molar-refractivity contribution >= 4 is 12.3 Å². The first-order valence-corrected chi connectivity index (χ1v) is 5.65. The summed E-state index contributed by atoms with van der Waals surface area (Å²) >= 11 is 0. The first-order chi connectivity index (χ1) is 9.26. The number of ether oxygens (including phenoxy) is 2. The molecule has 0 saturated carbocycles. The van der Waals surface area contributed by atoms with Crippen molar-refractivity contribution in [2.75, 3.05) is 7.11 Å². The van der Waals surface area contributed by atoms with Gasteiger partial charge in [-0.25, -0.2) is 4.79 Å². The maximum absolute atomic E-state index is 12.0. The first-order valence-electron chi connectivity index (χ1n) is 5.65. The SMILES string of the molecule is COc1cccc(C=O)c1OC(=O)c1ccccc1. The van der Waals surface area contributed by atoms with E-state index in [4.69, 9.17) is 9.47 Å². The molecule has 0 amide bonds. The zero-order valence-corrected chi connectivity index (χ0v) is 10.3. The summed E-state index contributed by atoms with van der Waals surface area (Å²) in [5.41, 5.74) is 0.675. The van der Waals surface area contributed by atoms with Gasteiger partial charge in [0.2, 0.25) is 0 Å². The molecule has 4 nitrogen and oxygen atoms in total. The molecule has 0 heterocycles. The summed E-state index contributed by atoms with van der Waals surface area (Å²) < 4.78 is 10.3. The summed E-state index contributed by atoms with van der Waals surface area (Å²) in [5.74, 6) is -0.0593. The van der Waals surface area contributed by atoms with Gasteiger partial charge in [0.05, 0.1) is 18.2 Å². The topological polar surface area (TPSA) is 52.6 Å². The van der Waals surface area contributed by atoms with E-state index in [9.17, 15) is 9.59 Å². The Bertz CT molecular complexity index is 590. The second-order valence-corrected chi connectivity index (χ2v) is 3.75. The minimum absolute atomic E-state index is 0.133. The van der Waals surface area contributed by atoms with E-state index in [2.05, 4.69) is 0 Å². The van der Waals surface area contributed by atoms with Crippen LogP contribution in [0.2, 0.25) is 0 Å². The van der Waals surface area contributed by atoms with Gasteiger partial charge < -0.3 is 9.47 Å². The van der Waals surface area contributed by atoms with Crippen molar-refractivity contribution in [1.29, 1.82) is 0 Å². The van der Waals surface area contributed by atoms with Crippen LogP contribution in [0.15, 0.2) is 48.5 Å². The Hall–Kier alpha value is -2.62. The highest BCUT2D eigenvalue weighted by Crippen LogP contribution is 2.30. The lowest BCUT2D eigenvalue weighted by Gasteiger charge is -2.10. The third-order valence-corrected chi connectivity index (χ3v) is 2.56. The number of hydrogen-bond acceptors (Lipinski definition) is 4. The number of carbonyl (C=O) groups excluding carboxylic acids is 2. The highest BCUT2D eigenvalue weighted by molar-refractivity contribution is 5.93. The zero-order chi connectivity index (χ0) is 13.7. The van der Waals surface area contributed by atoms with Crippen LogP contribution in [0.25, 0.3) is 0 Å². The molecule has 0 aliphatic carbocycles. The van der Waals surface area contributed by atoms with Crippen LogP contribution in [-0.2, 0) is 0 Å². The molecule has 2 aromatic carbocycles. The normalized spacial score (nSPS) is 9.74. The van der Waals surface area contributed by atoms with Gasteiger partial charge in [-0.1, -0.05) is 24.3 Å². The fourth-order valence-electron chi connectivity index (χ4n) is 1.62. The monoisotopic (exact) mass is 256 g/mol. The number of aldehydes is 1. The average molecular weight is 256 g/mol. The van der Waals surface area contributed by atoms with E-state index < -0.39 is 5.97 Å². The van der Waals surface area contributed by atoms with Crippen molar-refractivity contribution in [1.82, 2.24) is 0 Å². The fraction of sp³-hybridized carbons (Fsp3) is 0.0667. The summed E-state index contributed by atoms with van der Waals surface area (Å²) in [7, 11) is 1.45. The number of benzene rings is 2. The van der Waals surface area contributed by atoms with Gasteiger partial charge in [0, 0.05) is 0 Å². The third kappa shape index (κ3) is 2.80. The maximum atomic E-state index is 12.0. The van der Waals surface area contributed by atoms with Gasteiger partial charge in [-0.15, -0.1) is 0 Å². The number of hydrogen-bond donors (Lipinski definition) is 0. The van der Waals surface area contributed by atoms with Crippen LogP contribution in [0.3, 0.4) is 0 Å². The van der Waals surface area contributed by atoms with Gasteiger partial charge >= 0.3 is 5.97 Å². The number of para-hydroxylation sites is 1. The second-order valence-electron chi connectivity index (χ2n) is 3.75. The highest BCUT2D eigenvalue weighted by atomic mass is 16.6. The number of esters is 1. The molecule has 0 spiro atoms. The summed E-state index contributed by atoms with van der Waals surface area (Å²) in [6.07, 6.45) is 0.621. The average Bonchev–Trinajstić information content (AvgIpc) is 2.48. The number of methoxy groups -OCH3 is 1. The van der Waals surface area contributed by atoms with Gasteiger partial charge in [-0.05, 0) is 24.3 Å². The second kappa shape index (κ2) is 5.82. The van der Waals surface area contributed by atoms with Crippen LogP contribution in [0.5, 0.6) is 11.5 Å². The molecule has 0 unspecified atom stereocenters. The molecule has 2 rings (SSSR count). The Morgan fingerprint density at radius 2 is 1.79 bits per heavy atom. The lowest BCUT2D eigenvalue weighted by atomic mass is 10.2. The van der Waals surface area contributed by atoms with Crippen LogP contribution in [-0.4, -0.2) is 19.4 Å². The molecule has 0 aliphatic heterocycles. The Labute approximate surface area is 110 Å². The van der Waals surface area contributed by atoms with Crippen LogP contribution >= 0.6 is 0 Å². The fourth-order valence-corrected chi connectivity index (χ4v) is 1.62. The van der Waals surface area contributed by atoms with Gasteiger partial charge in [-0.2, -0.15) is 0 Å². The Balaban J connectivity index is 2.33. The predicted molar refractivity (Wildman–Crippen MR) is 69.8 cm³/mol. The molecular formula is C15H12O4. The minimum atomic E-state index is -0.534. The van der Waals surface area contributed by atoms with Crippen molar-refractivity contribution < 1.29 is 19.1 Å². The van der Waals surface area contributed by atoms with Crippen molar-refractivity contribution in [3.63, 3.8) is 0 Å². The lowest BCUT2D eigenvalue weighted by molar-refractivity contribution is 0.0728. The third-order valence-electron chi connectivity index (χ3n) is 2.56. The molecule has 0 radical (unpaired) electrons. The molecule has 0 saturated heterocycles. The highest BCUT2D eigenvalue weighted by Gasteiger charge is 2.15. The van der Waals surface area contributed by atoms with Crippen LogP contribution in [0, 0.1) is 0 Å². The van der Waals surface area contributed by atoms with E-state index >= 15 is 0 Å². The summed E-state index contributed by atoms with van der Waals surface area (Å²) in [6.45, 7) is 0. The number of carbonyl (C=O) groups is 2. The Morgan fingerprint density at radius 3 is 2.42 bits per heavy atom. The zero-order valence-electron chi connectivity index (χ0n) is 10.3. The predicted octanol–water partition coefficient (Wildman–Crippen LogP) is 2.73. The Kier molecular flexibility index (Phi) is 3.93. The van der Waals surface area contributed by atoms with E-state index in [0.29, 0.717) is 17.6 Å². The summed E-state index contributed by atoms with van der Waals surface area (Å²) in [4.78, 5) is 22.9. The van der Waals surface area contributed by atoms with E-state index in [1.54, 1.807) is 48.5 Å². The molecule has 96 valence electrons. The van der Waals surface area contributed by atoms with E-state index in [1.165, 1.54) is 7.11 Å². The maximum Gasteiger partial charge on any atom is 0.343 e. The molecule has 4 heteroatoms.